The first-order valence-corrected chi connectivity index (χ1v) is 12.8. The summed E-state index contributed by atoms with van der Waals surface area (Å²) in [5, 5.41) is 21.6. The molecule has 0 spiro atoms. The first-order valence-electron chi connectivity index (χ1n) is 12.8. The topological polar surface area (TPSA) is 142 Å². The Kier molecular flexibility index (Phi) is 7.70. The number of carbonyl (C=O) groups is 2. The third-order valence-corrected chi connectivity index (χ3v) is 7.11. The number of hydrogen-bond acceptors (Lipinski definition) is 10. The van der Waals surface area contributed by atoms with Gasteiger partial charge in [-0.25, -0.2) is 0 Å². The van der Waals surface area contributed by atoms with Crippen LogP contribution in [0.1, 0.15) is 63.5 Å². The zero-order chi connectivity index (χ0) is 29.7. The molecule has 1 aliphatic rings. The third-order valence-electron chi connectivity index (χ3n) is 7.11. The lowest BCUT2D eigenvalue weighted by molar-refractivity contribution is -0.177. The van der Waals surface area contributed by atoms with Crippen LogP contribution in [0.25, 0.3) is 21.9 Å². The van der Waals surface area contributed by atoms with Crippen LogP contribution in [0, 0.1) is 12.8 Å². The van der Waals surface area contributed by atoms with Crippen molar-refractivity contribution in [3.8, 4) is 11.5 Å². The van der Waals surface area contributed by atoms with Gasteiger partial charge in [-0.1, -0.05) is 12.2 Å². The van der Waals surface area contributed by atoms with Crippen LogP contribution in [0.15, 0.2) is 39.6 Å². The summed E-state index contributed by atoms with van der Waals surface area (Å²) in [6, 6.07) is 4.42. The highest BCUT2D eigenvalue weighted by atomic mass is 16.6. The molecule has 0 radical (unpaired) electrons. The van der Waals surface area contributed by atoms with Crippen LogP contribution in [0.4, 0.5) is 0 Å². The fraction of sp³-hybridized carbons (Fsp3) is 0.433. The van der Waals surface area contributed by atoms with Gasteiger partial charge in [-0.05, 0) is 51.5 Å². The molecule has 0 fully saturated rings. The van der Waals surface area contributed by atoms with E-state index >= 15 is 0 Å². The van der Waals surface area contributed by atoms with E-state index < -0.39 is 47.2 Å². The highest BCUT2D eigenvalue weighted by Crippen LogP contribution is 2.47. The minimum atomic E-state index is -1.55. The predicted octanol–water partition coefficient (Wildman–Crippen LogP) is 4.54. The van der Waals surface area contributed by atoms with Gasteiger partial charge in [0.1, 0.15) is 40.3 Å². The molecule has 0 amide bonds. The number of aliphatic hydroxyl groups is 1. The molecule has 2 heterocycles. The zero-order valence-electron chi connectivity index (χ0n) is 23.6. The van der Waals surface area contributed by atoms with Crippen molar-refractivity contribution in [3.05, 3.63) is 57.3 Å². The number of aryl methyl sites for hydroxylation is 1. The maximum atomic E-state index is 14.2. The summed E-state index contributed by atoms with van der Waals surface area (Å²) >= 11 is 0. The van der Waals surface area contributed by atoms with Gasteiger partial charge in [0.15, 0.2) is 6.10 Å². The number of hydrogen-bond donors (Lipinski definition) is 2. The molecule has 40 heavy (non-hydrogen) atoms. The Labute approximate surface area is 231 Å². The van der Waals surface area contributed by atoms with Gasteiger partial charge in [-0.15, -0.1) is 0 Å². The van der Waals surface area contributed by atoms with Crippen molar-refractivity contribution in [1.82, 2.24) is 0 Å². The lowest BCUT2D eigenvalue weighted by Crippen LogP contribution is -2.44. The number of ether oxygens (including phenoxy) is 4. The Morgan fingerprint density at radius 3 is 2.38 bits per heavy atom. The smallest absolute Gasteiger partial charge is 0.303 e. The predicted molar refractivity (Wildman–Crippen MR) is 146 cm³/mol. The molecule has 0 aliphatic carbocycles. The van der Waals surface area contributed by atoms with Gasteiger partial charge in [-0.3, -0.25) is 14.4 Å². The van der Waals surface area contributed by atoms with Crippen molar-refractivity contribution < 1.29 is 43.2 Å². The van der Waals surface area contributed by atoms with Crippen LogP contribution in [0.3, 0.4) is 0 Å². The maximum absolute atomic E-state index is 14.2. The number of phenolic OH excluding ortho intramolecular Hbond substituents is 1. The summed E-state index contributed by atoms with van der Waals surface area (Å²) in [6.07, 6.45) is -3.13. The molecule has 1 aromatic heterocycles. The van der Waals surface area contributed by atoms with Gasteiger partial charge < -0.3 is 33.6 Å². The van der Waals surface area contributed by atoms with Crippen molar-refractivity contribution in [1.29, 1.82) is 0 Å². The standard InChI is InChI=1S/C30H34O10/c1-13(2)18-12-37-25-14(3)11-20-22(23(25)27(18)38-15(4)31)24(34)21-19(33)10-9-17(26(21)40-20)28(36-8)29(30(6,7)35)39-16(5)32/h9-11,18,27-29,33,35H,1,12H2,2-8H3. The first-order chi connectivity index (χ1) is 18.7. The Bertz CT molecular complexity index is 1580. The Hall–Kier alpha value is -3.89. The number of esters is 2. The van der Waals surface area contributed by atoms with Gasteiger partial charge in [0.2, 0.25) is 5.43 Å². The second kappa shape index (κ2) is 10.6. The molecular formula is C30H34O10. The van der Waals surface area contributed by atoms with E-state index in [1.807, 2.05) is 0 Å². The van der Waals surface area contributed by atoms with Crippen LogP contribution in [0.5, 0.6) is 11.5 Å². The highest BCUT2D eigenvalue weighted by Gasteiger charge is 2.41. The number of aromatic hydroxyl groups is 1. The molecule has 2 aromatic carbocycles. The second-order valence-corrected chi connectivity index (χ2v) is 10.8. The normalized spacial score (nSPS) is 18.5. The lowest BCUT2D eigenvalue weighted by atomic mass is 9.85. The number of methoxy groups -OCH3 is 1. The second-order valence-electron chi connectivity index (χ2n) is 10.8. The lowest BCUT2D eigenvalue weighted by Gasteiger charge is -2.35. The monoisotopic (exact) mass is 554 g/mol. The van der Waals surface area contributed by atoms with Crippen LogP contribution < -0.4 is 10.2 Å². The molecule has 1 aliphatic heterocycles. The van der Waals surface area contributed by atoms with Crippen molar-refractivity contribution in [2.24, 2.45) is 5.92 Å². The summed E-state index contributed by atoms with van der Waals surface area (Å²) in [6.45, 7) is 13.2. The zero-order valence-corrected chi connectivity index (χ0v) is 23.6. The summed E-state index contributed by atoms with van der Waals surface area (Å²) in [4.78, 5) is 38.2. The Morgan fingerprint density at radius 2 is 1.82 bits per heavy atom. The van der Waals surface area contributed by atoms with Gasteiger partial charge >= 0.3 is 11.9 Å². The number of phenols is 1. The molecule has 2 N–H and O–H groups in total. The molecule has 4 unspecified atom stereocenters. The van der Waals surface area contributed by atoms with E-state index in [1.165, 1.54) is 46.9 Å². The first kappa shape index (κ1) is 29.1. The quantitative estimate of drug-likeness (QED) is 0.243. The molecular weight excluding hydrogens is 520 g/mol. The fourth-order valence-electron chi connectivity index (χ4n) is 5.30. The molecule has 10 nitrogen and oxygen atoms in total. The van der Waals surface area contributed by atoms with E-state index in [9.17, 15) is 24.6 Å². The Balaban J connectivity index is 2.10. The number of rotatable bonds is 7. The average Bonchev–Trinajstić information content (AvgIpc) is 2.83. The van der Waals surface area contributed by atoms with Gasteiger partial charge in [0.05, 0.1) is 29.1 Å². The van der Waals surface area contributed by atoms with Crippen LogP contribution in [-0.4, -0.2) is 47.6 Å². The maximum Gasteiger partial charge on any atom is 0.303 e. The fourth-order valence-corrected chi connectivity index (χ4v) is 5.30. The van der Waals surface area contributed by atoms with Crippen molar-refractivity contribution in [2.45, 2.75) is 65.5 Å². The van der Waals surface area contributed by atoms with E-state index in [-0.39, 0.29) is 39.9 Å². The molecule has 0 saturated heterocycles. The van der Waals surface area contributed by atoms with Gasteiger partial charge in [0, 0.05) is 26.5 Å². The van der Waals surface area contributed by atoms with Crippen LogP contribution in [-0.2, 0) is 23.8 Å². The summed E-state index contributed by atoms with van der Waals surface area (Å²) in [5.41, 5.74) is -0.0388. The van der Waals surface area contributed by atoms with Crippen LogP contribution >= 0.6 is 0 Å². The molecule has 214 valence electrons. The van der Waals surface area contributed by atoms with Gasteiger partial charge in [0.25, 0.3) is 0 Å². The molecule has 0 saturated carbocycles. The highest BCUT2D eigenvalue weighted by molar-refractivity contribution is 5.97. The van der Waals surface area contributed by atoms with E-state index in [0.717, 1.165) is 0 Å². The van der Waals surface area contributed by atoms with Crippen molar-refractivity contribution >= 4 is 33.9 Å². The van der Waals surface area contributed by atoms with E-state index in [4.69, 9.17) is 23.4 Å². The molecule has 0 bridgehead atoms. The molecule has 4 atom stereocenters. The van der Waals surface area contributed by atoms with Crippen LogP contribution in [0.2, 0.25) is 0 Å². The largest absolute Gasteiger partial charge is 0.507 e. The minimum Gasteiger partial charge on any atom is -0.507 e. The SMILES string of the molecule is C=C(C)C1COc2c(C)cc3oc4c(C(OC)C(OC(C)=O)C(C)(C)O)ccc(O)c4c(=O)c3c2C1OC(C)=O. The molecule has 3 aromatic rings. The number of carbonyl (C=O) groups excluding carboxylic acids is 2. The minimum absolute atomic E-state index is 0.0117. The molecule has 10 heteroatoms. The van der Waals surface area contributed by atoms with Gasteiger partial charge in [-0.2, -0.15) is 0 Å². The van der Waals surface area contributed by atoms with E-state index in [0.29, 0.717) is 22.4 Å². The Morgan fingerprint density at radius 1 is 1.15 bits per heavy atom. The van der Waals surface area contributed by atoms with E-state index in [1.54, 1.807) is 19.9 Å². The average molecular weight is 555 g/mol. The number of fused-ring (bicyclic) bond motifs is 4. The number of benzene rings is 2. The summed E-state index contributed by atoms with van der Waals surface area (Å²) in [5.74, 6) is -1.57. The van der Waals surface area contributed by atoms with Crippen molar-refractivity contribution in [2.75, 3.05) is 13.7 Å². The third kappa shape index (κ3) is 5.04. The molecule has 4 rings (SSSR count). The van der Waals surface area contributed by atoms with E-state index in [2.05, 4.69) is 6.58 Å². The summed E-state index contributed by atoms with van der Waals surface area (Å²) in [7, 11) is 1.37. The van der Waals surface area contributed by atoms with Crippen molar-refractivity contribution in [3.63, 3.8) is 0 Å². The summed E-state index contributed by atoms with van der Waals surface area (Å²) < 4.78 is 29.2.